The van der Waals surface area contributed by atoms with E-state index in [9.17, 15) is 0 Å². The molecule has 2 aliphatic heterocycles. The lowest BCUT2D eigenvalue weighted by Gasteiger charge is -2.44. The predicted octanol–water partition coefficient (Wildman–Crippen LogP) is 17.5. The van der Waals surface area contributed by atoms with E-state index in [2.05, 4.69) is 289 Å². The second-order valence-corrected chi connectivity index (χ2v) is 20.9. The first-order valence-corrected chi connectivity index (χ1v) is 27.2. The zero-order valence-corrected chi connectivity index (χ0v) is 43.0. The molecule has 1 aromatic heterocycles. The molecule has 0 N–H and O–H groups in total. The lowest BCUT2D eigenvalue weighted by atomic mass is 9.33. The lowest BCUT2D eigenvalue weighted by molar-refractivity contribution is 1.18. The summed E-state index contributed by atoms with van der Waals surface area (Å²) >= 11 is 0. The largest absolute Gasteiger partial charge is 0.311 e. The Kier molecular flexibility index (Phi) is 10.3. The smallest absolute Gasteiger partial charge is 0.252 e. The maximum atomic E-state index is 5.53. The normalized spacial score (nSPS) is 12.5. The Morgan fingerprint density at radius 1 is 0.253 bits per heavy atom. The van der Waals surface area contributed by atoms with Gasteiger partial charge in [-0.3, -0.25) is 0 Å². The first-order chi connectivity index (χ1) is 39.1. The van der Waals surface area contributed by atoms with Gasteiger partial charge in [-0.2, -0.15) is 0 Å². The SMILES string of the molecule is c1ccc(-c2ccc(N3c4cc5ccc6ccccc6c5cc4B4c5cc6c(ccc7ccccc76)cc5N(c5ccc(-c6ccccc6)cc5)c5cc(-c6cc(-c7ccccc7)nc(-c7ccccc7)n6)cc3c54)cc2)cc1. The molecule has 3 heterocycles. The summed E-state index contributed by atoms with van der Waals surface area (Å²) in [5.74, 6) is 0.677. The molecule has 0 fully saturated rings. The van der Waals surface area contributed by atoms with Crippen LogP contribution in [0.3, 0.4) is 0 Å². The van der Waals surface area contributed by atoms with Gasteiger partial charge >= 0.3 is 0 Å². The van der Waals surface area contributed by atoms with Crippen LogP contribution in [0.4, 0.5) is 34.1 Å². The van der Waals surface area contributed by atoms with Gasteiger partial charge in [0.15, 0.2) is 5.82 Å². The predicted molar refractivity (Wildman–Crippen MR) is 333 cm³/mol. The van der Waals surface area contributed by atoms with E-state index in [4.69, 9.17) is 9.97 Å². The molecule has 2 aliphatic rings. The Labute approximate surface area is 458 Å². The molecule has 0 unspecified atom stereocenters. The Hall–Kier alpha value is -10.4. The van der Waals surface area contributed by atoms with Crippen molar-refractivity contribution >= 4 is 100 Å². The van der Waals surface area contributed by atoms with Crippen LogP contribution in [0.5, 0.6) is 0 Å². The summed E-state index contributed by atoms with van der Waals surface area (Å²) in [6.45, 7) is -0.152. The van der Waals surface area contributed by atoms with E-state index in [0.717, 1.165) is 62.2 Å². The van der Waals surface area contributed by atoms with Crippen LogP contribution in [0, 0.1) is 0 Å². The molecule has 0 bridgehead atoms. The molecule has 0 atom stereocenters. The molecule has 0 spiro atoms. The number of hydrogen-bond donors (Lipinski definition) is 0. The highest BCUT2D eigenvalue weighted by molar-refractivity contribution is 7.00. The number of fused-ring (bicyclic) bond motifs is 10. The molecule has 0 amide bonds. The maximum Gasteiger partial charge on any atom is 0.252 e. The van der Waals surface area contributed by atoms with Crippen LogP contribution < -0.4 is 26.2 Å². The van der Waals surface area contributed by atoms with Crippen LogP contribution in [-0.4, -0.2) is 16.7 Å². The summed E-state index contributed by atoms with van der Waals surface area (Å²) in [6, 6.07) is 104. The molecule has 0 aliphatic carbocycles. The fraction of sp³-hybridized carbons (Fsp3) is 0. The van der Waals surface area contributed by atoms with Gasteiger partial charge < -0.3 is 9.80 Å². The number of anilines is 6. The molecule has 0 saturated carbocycles. The van der Waals surface area contributed by atoms with E-state index < -0.39 is 0 Å². The second-order valence-electron chi connectivity index (χ2n) is 20.9. The van der Waals surface area contributed by atoms with E-state index in [1.165, 1.54) is 81.7 Å². The number of benzene rings is 13. The first kappa shape index (κ1) is 44.9. The molecule has 366 valence electrons. The Morgan fingerprint density at radius 2 is 0.633 bits per heavy atom. The van der Waals surface area contributed by atoms with Crippen LogP contribution in [-0.2, 0) is 0 Å². The van der Waals surface area contributed by atoms with E-state index in [1.54, 1.807) is 0 Å². The van der Waals surface area contributed by atoms with Crippen molar-refractivity contribution in [3.05, 3.63) is 285 Å². The first-order valence-electron chi connectivity index (χ1n) is 27.2. The van der Waals surface area contributed by atoms with Crippen molar-refractivity contribution in [2.24, 2.45) is 0 Å². The van der Waals surface area contributed by atoms with Crippen molar-refractivity contribution in [2.45, 2.75) is 0 Å². The van der Waals surface area contributed by atoms with Gasteiger partial charge in [0, 0.05) is 50.8 Å². The Morgan fingerprint density at radius 3 is 1.10 bits per heavy atom. The van der Waals surface area contributed by atoms with Crippen molar-refractivity contribution in [3.63, 3.8) is 0 Å². The highest BCUT2D eigenvalue weighted by Crippen LogP contribution is 2.48. The molecule has 79 heavy (non-hydrogen) atoms. The molecule has 0 saturated heterocycles. The van der Waals surface area contributed by atoms with E-state index in [0.29, 0.717) is 5.82 Å². The average Bonchev–Trinajstić information content (AvgIpc) is 3.70. The Balaban J connectivity index is 1.03. The molecule has 4 nitrogen and oxygen atoms in total. The van der Waals surface area contributed by atoms with Gasteiger partial charge in [0.1, 0.15) is 0 Å². The van der Waals surface area contributed by atoms with E-state index >= 15 is 0 Å². The second kappa shape index (κ2) is 18.2. The van der Waals surface area contributed by atoms with Gasteiger partial charge in [0.2, 0.25) is 0 Å². The summed E-state index contributed by atoms with van der Waals surface area (Å²) < 4.78 is 0. The van der Waals surface area contributed by atoms with Crippen molar-refractivity contribution in [1.29, 1.82) is 0 Å². The highest BCUT2D eigenvalue weighted by Gasteiger charge is 2.44. The molecule has 16 rings (SSSR count). The van der Waals surface area contributed by atoms with Crippen LogP contribution in [0.2, 0.25) is 0 Å². The third-order valence-electron chi connectivity index (χ3n) is 16.4. The number of hydrogen-bond acceptors (Lipinski definition) is 4. The third kappa shape index (κ3) is 7.46. The standard InChI is InChI=1S/C74H47BN4/c1-5-17-48(18-6-1)50-33-37-59(38-34-50)78-69-41-56-31-29-52-21-13-15-27-61(52)63(56)45-65(69)75-66-46-64-57(32-30-53-22-14-16-28-62(53)64)42-70(66)79(60-39-35-51(36-40-60)49-19-7-2-8-20-49)72-44-58(43-71(78)73(72)75)68-47-67(54-23-9-3-10-24-54)76-74(77-68)55-25-11-4-12-26-55/h1-47H. The highest BCUT2D eigenvalue weighted by atomic mass is 15.2. The quantitative estimate of drug-likeness (QED) is 0.118. The molecule has 14 aromatic rings. The van der Waals surface area contributed by atoms with Crippen LogP contribution in [0.15, 0.2) is 285 Å². The zero-order valence-electron chi connectivity index (χ0n) is 43.0. The van der Waals surface area contributed by atoms with Crippen molar-refractivity contribution in [1.82, 2.24) is 9.97 Å². The molecule has 0 radical (unpaired) electrons. The molecule has 5 heteroatoms. The zero-order chi connectivity index (χ0) is 52.0. The van der Waals surface area contributed by atoms with Gasteiger partial charge in [-0.15, -0.1) is 0 Å². The fourth-order valence-corrected chi connectivity index (χ4v) is 12.6. The minimum atomic E-state index is -0.152. The lowest BCUT2D eigenvalue weighted by Crippen LogP contribution is -2.61. The summed E-state index contributed by atoms with van der Waals surface area (Å²) in [6.07, 6.45) is 0. The summed E-state index contributed by atoms with van der Waals surface area (Å²) in [5, 5.41) is 9.82. The summed E-state index contributed by atoms with van der Waals surface area (Å²) in [7, 11) is 0. The average molecular weight is 1000 g/mol. The monoisotopic (exact) mass is 1000 g/mol. The van der Waals surface area contributed by atoms with Gasteiger partial charge in [-0.1, -0.05) is 231 Å². The van der Waals surface area contributed by atoms with Crippen LogP contribution in [0.1, 0.15) is 0 Å². The van der Waals surface area contributed by atoms with Crippen LogP contribution in [0.25, 0.3) is 99.2 Å². The van der Waals surface area contributed by atoms with E-state index in [1.807, 2.05) is 6.07 Å². The molecular weight excluding hydrogens is 956 g/mol. The Bertz CT molecular complexity index is 4410. The molecule has 13 aromatic carbocycles. The number of rotatable bonds is 7. The summed E-state index contributed by atoms with van der Waals surface area (Å²) in [4.78, 5) is 15.9. The van der Waals surface area contributed by atoms with Crippen molar-refractivity contribution in [2.75, 3.05) is 9.80 Å². The topological polar surface area (TPSA) is 32.3 Å². The van der Waals surface area contributed by atoms with E-state index in [-0.39, 0.29) is 6.71 Å². The number of nitrogens with zero attached hydrogens (tertiary/aromatic N) is 4. The van der Waals surface area contributed by atoms with Gasteiger partial charge in [0.25, 0.3) is 6.71 Å². The number of aromatic nitrogens is 2. The minimum Gasteiger partial charge on any atom is -0.311 e. The van der Waals surface area contributed by atoms with Gasteiger partial charge in [0.05, 0.1) is 11.4 Å². The van der Waals surface area contributed by atoms with Gasteiger partial charge in [-0.05, 0) is 136 Å². The van der Waals surface area contributed by atoms with Crippen molar-refractivity contribution in [3.8, 4) is 56.2 Å². The van der Waals surface area contributed by atoms with Crippen LogP contribution >= 0.6 is 0 Å². The summed E-state index contributed by atoms with van der Waals surface area (Å²) in [5.41, 5.74) is 19.8. The van der Waals surface area contributed by atoms with Gasteiger partial charge in [-0.25, -0.2) is 9.97 Å². The fourth-order valence-electron chi connectivity index (χ4n) is 12.6. The molecular formula is C74H47BN4. The third-order valence-corrected chi connectivity index (χ3v) is 16.4. The maximum absolute atomic E-state index is 5.53. The van der Waals surface area contributed by atoms with Crippen molar-refractivity contribution < 1.29 is 0 Å². The minimum absolute atomic E-state index is 0.152.